The number of ketones is 1. The largest absolute Gasteiger partial charge is 0.345 e. The van der Waals surface area contributed by atoms with Crippen molar-refractivity contribution in [3.05, 3.63) is 95.6 Å². The van der Waals surface area contributed by atoms with E-state index in [2.05, 4.69) is 17.8 Å². The highest BCUT2D eigenvalue weighted by molar-refractivity contribution is 6.03. The molecule has 0 aliphatic carbocycles. The zero-order valence-corrected chi connectivity index (χ0v) is 15.7. The van der Waals surface area contributed by atoms with E-state index in [4.69, 9.17) is 6.42 Å². The minimum Gasteiger partial charge on any atom is -0.345 e. The molecule has 0 radical (unpaired) electrons. The summed E-state index contributed by atoms with van der Waals surface area (Å²) in [6.45, 7) is 5.53. The summed E-state index contributed by atoms with van der Waals surface area (Å²) in [5, 5.41) is 5.28. The molecule has 0 aromatic heterocycles. The number of allylic oxidation sites excluding steroid dienone is 1. The Bertz CT molecular complexity index is 1100. The first-order valence-corrected chi connectivity index (χ1v) is 9.06. The average Bonchev–Trinajstić information content (AvgIpc) is 2.72. The molecule has 0 saturated heterocycles. The fourth-order valence-corrected chi connectivity index (χ4v) is 3.24. The Balaban J connectivity index is 1.84. The van der Waals surface area contributed by atoms with E-state index in [-0.39, 0.29) is 29.7 Å². The van der Waals surface area contributed by atoms with Crippen molar-refractivity contribution in [2.24, 2.45) is 0 Å². The van der Waals surface area contributed by atoms with Gasteiger partial charge in [0, 0.05) is 12.0 Å². The van der Waals surface area contributed by atoms with Crippen molar-refractivity contribution in [3.63, 3.8) is 0 Å². The fourth-order valence-electron chi connectivity index (χ4n) is 3.24. The molecule has 3 aromatic carbocycles. The van der Waals surface area contributed by atoms with Crippen molar-refractivity contribution < 1.29 is 9.59 Å². The Kier molecular flexibility index (Phi) is 5.72. The molecule has 28 heavy (non-hydrogen) atoms. The highest BCUT2D eigenvalue weighted by atomic mass is 16.1. The second-order valence-electron chi connectivity index (χ2n) is 6.64. The normalized spacial score (nSPS) is 11.4. The number of fused-ring (bicyclic) bond motifs is 1. The average molecular weight is 367 g/mol. The number of terminal acetylenes is 1. The van der Waals surface area contributed by atoms with Crippen LogP contribution in [0, 0.1) is 12.3 Å². The van der Waals surface area contributed by atoms with Crippen LogP contribution >= 0.6 is 0 Å². The van der Waals surface area contributed by atoms with Crippen LogP contribution in [-0.4, -0.2) is 11.7 Å². The first kappa shape index (κ1) is 19.1. The number of carbonyl (C=O) groups excluding carboxylic acids is 2. The van der Waals surface area contributed by atoms with Crippen LogP contribution in [0.2, 0.25) is 0 Å². The van der Waals surface area contributed by atoms with Gasteiger partial charge in [0.05, 0.1) is 11.6 Å². The highest BCUT2D eigenvalue weighted by Crippen LogP contribution is 2.24. The molecule has 3 heteroatoms. The quantitative estimate of drug-likeness (QED) is 0.510. The fraction of sp³-hybridized carbons (Fsp3) is 0.120. The first-order valence-electron chi connectivity index (χ1n) is 9.06. The summed E-state index contributed by atoms with van der Waals surface area (Å²) in [5.74, 6) is 1.77. The third kappa shape index (κ3) is 4.02. The van der Waals surface area contributed by atoms with Crippen LogP contribution in [-0.2, 0) is 11.2 Å². The number of hydrogen-bond donors (Lipinski definition) is 1. The van der Waals surface area contributed by atoms with Crippen molar-refractivity contribution in [1.82, 2.24) is 5.32 Å². The third-order valence-corrected chi connectivity index (χ3v) is 4.76. The Labute approximate surface area is 165 Å². The van der Waals surface area contributed by atoms with Crippen LogP contribution in [0.25, 0.3) is 10.8 Å². The van der Waals surface area contributed by atoms with Gasteiger partial charge < -0.3 is 5.32 Å². The third-order valence-electron chi connectivity index (χ3n) is 4.76. The second-order valence-corrected chi connectivity index (χ2v) is 6.64. The van der Waals surface area contributed by atoms with E-state index in [1.54, 1.807) is 24.3 Å². The van der Waals surface area contributed by atoms with Crippen molar-refractivity contribution in [3.8, 4) is 12.3 Å². The molecule has 3 nitrogen and oxygen atoms in total. The number of nitrogens with one attached hydrogen (secondary N) is 1. The van der Waals surface area contributed by atoms with E-state index >= 15 is 0 Å². The Morgan fingerprint density at radius 2 is 1.71 bits per heavy atom. The minimum atomic E-state index is -0.259. The van der Waals surface area contributed by atoms with E-state index in [1.165, 1.54) is 0 Å². The molecule has 1 N–H and O–H groups in total. The zero-order chi connectivity index (χ0) is 20.1. The van der Waals surface area contributed by atoms with Gasteiger partial charge in [0.15, 0.2) is 5.78 Å². The molecule has 1 atom stereocenters. The van der Waals surface area contributed by atoms with Gasteiger partial charge in [-0.3, -0.25) is 9.59 Å². The second kappa shape index (κ2) is 8.37. The van der Waals surface area contributed by atoms with Crippen LogP contribution in [0.4, 0.5) is 0 Å². The molecule has 1 unspecified atom stereocenters. The number of benzene rings is 3. The Morgan fingerprint density at radius 1 is 1.04 bits per heavy atom. The van der Waals surface area contributed by atoms with E-state index in [9.17, 15) is 9.59 Å². The molecule has 0 heterocycles. The summed E-state index contributed by atoms with van der Waals surface area (Å²) in [5.41, 5.74) is 2.25. The maximum Gasteiger partial charge on any atom is 0.252 e. The van der Waals surface area contributed by atoms with Crippen LogP contribution in [0.1, 0.15) is 34.5 Å². The van der Waals surface area contributed by atoms with Gasteiger partial charge in [0.2, 0.25) is 0 Å². The van der Waals surface area contributed by atoms with Crippen LogP contribution in [0.3, 0.4) is 0 Å². The van der Waals surface area contributed by atoms with Crippen LogP contribution < -0.4 is 5.32 Å². The van der Waals surface area contributed by atoms with Crippen molar-refractivity contribution in [2.75, 3.05) is 0 Å². The summed E-state index contributed by atoms with van der Waals surface area (Å²) in [6.07, 6.45) is 5.30. The molecular formula is C25H21NO2. The summed E-state index contributed by atoms with van der Waals surface area (Å²) in [4.78, 5) is 25.1. The van der Waals surface area contributed by atoms with E-state index in [0.717, 1.165) is 16.3 Å². The van der Waals surface area contributed by atoms with Crippen molar-refractivity contribution in [2.45, 2.75) is 19.4 Å². The topological polar surface area (TPSA) is 46.2 Å². The lowest BCUT2D eigenvalue weighted by atomic mass is 9.97. The van der Waals surface area contributed by atoms with Crippen molar-refractivity contribution >= 4 is 22.5 Å². The lowest BCUT2D eigenvalue weighted by molar-refractivity contribution is -0.114. The van der Waals surface area contributed by atoms with Gasteiger partial charge in [-0.25, -0.2) is 0 Å². The Morgan fingerprint density at radius 3 is 2.50 bits per heavy atom. The maximum atomic E-state index is 12.9. The summed E-state index contributed by atoms with van der Waals surface area (Å²) in [6, 6.07) is 21.0. The molecule has 3 aromatic rings. The summed E-state index contributed by atoms with van der Waals surface area (Å²) >= 11 is 0. The lowest BCUT2D eigenvalue weighted by Crippen LogP contribution is -2.28. The molecule has 0 fully saturated rings. The van der Waals surface area contributed by atoms with Gasteiger partial charge in [-0.2, -0.15) is 0 Å². The van der Waals surface area contributed by atoms with Gasteiger partial charge in [0.1, 0.15) is 0 Å². The van der Waals surface area contributed by atoms with Crippen LogP contribution in [0.15, 0.2) is 78.9 Å². The molecule has 1 amide bonds. The molecule has 0 saturated carbocycles. The zero-order valence-electron chi connectivity index (χ0n) is 15.7. The molecule has 138 valence electrons. The number of carbonyl (C=O) groups is 2. The van der Waals surface area contributed by atoms with Crippen LogP contribution in [0.5, 0.6) is 0 Å². The number of hydrogen-bond acceptors (Lipinski definition) is 2. The standard InChI is InChI=1S/C25H21NO2/c1-4-17(2)24(27)16-20-11-6-8-14-23(20)25(28)26-18(3)21-15-9-12-19-10-5-7-13-22(19)21/h1,5-15,18H,2,16H2,3H3,(H,26,28). The number of rotatable bonds is 6. The summed E-state index contributed by atoms with van der Waals surface area (Å²) < 4.78 is 0. The molecule has 0 aliphatic heterocycles. The predicted molar refractivity (Wildman–Crippen MR) is 113 cm³/mol. The molecule has 0 spiro atoms. The number of Topliss-reactive ketones (excluding diaryl/α,β-unsaturated/α-hetero) is 1. The minimum absolute atomic E-state index is 0.0509. The van der Waals surface area contributed by atoms with E-state index in [0.29, 0.717) is 11.1 Å². The van der Waals surface area contributed by atoms with Gasteiger partial charge >= 0.3 is 0 Å². The predicted octanol–water partition coefficient (Wildman–Crippen LogP) is 4.63. The van der Waals surface area contributed by atoms with Gasteiger partial charge in [0.25, 0.3) is 5.91 Å². The smallest absolute Gasteiger partial charge is 0.252 e. The van der Waals surface area contributed by atoms with E-state index < -0.39 is 0 Å². The maximum absolute atomic E-state index is 12.9. The van der Waals surface area contributed by atoms with Gasteiger partial charge in [-0.15, -0.1) is 6.42 Å². The SMILES string of the molecule is C#CC(=C)C(=O)Cc1ccccc1C(=O)NC(C)c1cccc2ccccc12. The summed E-state index contributed by atoms with van der Waals surface area (Å²) in [7, 11) is 0. The highest BCUT2D eigenvalue weighted by Gasteiger charge is 2.18. The monoisotopic (exact) mass is 367 g/mol. The van der Waals surface area contributed by atoms with E-state index in [1.807, 2.05) is 49.4 Å². The van der Waals surface area contributed by atoms with Gasteiger partial charge in [-0.1, -0.05) is 73.2 Å². The number of amides is 1. The van der Waals surface area contributed by atoms with Crippen molar-refractivity contribution in [1.29, 1.82) is 0 Å². The first-order chi connectivity index (χ1) is 13.5. The lowest BCUT2D eigenvalue weighted by Gasteiger charge is -2.18. The van der Waals surface area contributed by atoms with Gasteiger partial charge in [-0.05, 0) is 34.9 Å². The molecular weight excluding hydrogens is 346 g/mol. The molecule has 3 rings (SSSR count). The Hall–Kier alpha value is -3.64. The molecule has 0 aliphatic rings. The molecule has 0 bridgehead atoms.